The molecule has 19 heavy (non-hydrogen) atoms. The quantitative estimate of drug-likeness (QED) is 0.744. The van der Waals surface area contributed by atoms with Crippen molar-refractivity contribution in [2.75, 3.05) is 26.9 Å². The van der Waals surface area contributed by atoms with E-state index in [1.54, 1.807) is 7.11 Å². The molecule has 0 aliphatic rings. The summed E-state index contributed by atoms with van der Waals surface area (Å²) >= 11 is 11.8. The third kappa shape index (κ3) is 5.83. The van der Waals surface area contributed by atoms with Gasteiger partial charge in [0, 0.05) is 31.3 Å². The highest BCUT2D eigenvalue weighted by Gasteiger charge is 2.08. The van der Waals surface area contributed by atoms with E-state index in [9.17, 15) is 0 Å². The lowest BCUT2D eigenvalue weighted by Crippen LogP contribution is -2.19. The van der Waals surface area contributed by atoms with Gasteiger partial charge < -0.3 is 14.8 Å². The zero-order chi connectivity index (χ0) is 14.1. The molecule has 0 aliphatic carbocycles. The van der Waals surface area contributed by atoms with Crippen molar-refractivity contribution in [2.45, 2.75) is 13.5 Å². The highest BCUT2D eigenvalue weighted by molar-refractivity contribution is 6.32. The van der Waals surface area contributed by atoms with Crippen LogP contribution in [0.5, 0.6) is 5.75 Å². The first-order chi connectivity index (χ1) is 9.19. The van der Waals surface area contributed by atoms with Gasteiger partial charge in [-0.1, -0.05) is 35.3 Å². The van der Waals surface area contributed by atoms with E-state index in [0.717, 1.165) is 17.7 Å². The molecule has 5 heteroatoms. The molecule has 106 valence electrons. The van der Waals surface area contributed by atoms with Gasteiger partial charge in [-0.2, -0.15) is 0 Å². The number of halogens is 2. The van der Waals surface area contributed by atoms with E-state index < -0.39 is 0 Å². The van der Waals surface area contributed by atoms with E-state index in [4.69, 9.17) is 32.7 Å². The number of para-hydroxylation sites is 1. The molecule has 1 rings (SSSR count). The number of nitrogens with one attached hydrogen (secondary N) is 1. The molecule has 1 aromatic carbocycles. The minimum atomic E-state index is 0.429. The summed E-state index contributed by atoms with van der Waals surface area (Å²) in [6, 6.07) is 5.71. The van der Waals surface area contributed by atoms with Crippen molar-refractivity contribution in [3.63, 3.8) is 0 Å². The summed E-state index contributed by atoms with van der Waals surface area (Å²) in [5.41, 5.74) is 3.47. The Labute approximate surface area is 124 Å². The van der Waals surface area contributed by atoms with Gasteiger partial charge in [0.05, 0.1) is 11.6 Å². The summed E-state index contributed by atoms with van der Waals surface area (Å²) in [7, 11) is 1.68. The van der Waals surface area contributed by atoms with Gasteiger partial charge in [0.15, 0.2) is 0 Å². The minimum absolute atomic E-state index is 0.429. The molecule has 0 amide bonds. The van der Waals surface area contributed by atoms with E-state index in [2.05, 4.69) is 5.32 Å². The third-order valence-electron chi connectivity index (χ3n) is 2.48. The number of hydrogen-bond donors (Lipinski definition) is 1. The Morgan fingerprint density at radius 3 is 2.89 bits per heavy atom. The summed E-state index contributed by atoms with van der Waals surface area (Å²) in [6.45, 7) is 4.47. The van der Waals surface area contributed by atoms with Crippen LogP contribution in [0.25, 0.3) is 0 Å². The zero-order valence-electron chi connectivity index (χ0n) is 11.2. The van der Waals surface area contributed by atoms with Gasteiger partial charge in [0.2, 0.25) is 0 Å². The van der Waals surface area contributed by atoms with Gasteiger partial charge >= 0.3 is 0 Å². The van der Waals surface area contributed by atoms with E-state index in [1.165, 1.54) is 5.54 Å². The lowest BCUT2D eigenvalue weighted by molar-refractivity contribution is 0.199. The van der Waals surface area contributed by atoms with Crippen molar-refractivity contribution in [3.8, 4) is 5.75 Å². The summed E-state index contributed by atoms with van der Waals surface area (Å²) in [4.78, 5) is 0. The highest BCUT2D eigenvalue weighted by Crippen LogP contribution is 2.29. The van der Waals surface area contributed by atoms with Crippen LogP contribution in [0.1, 0.15) is 12.5 Å². The number of rotatable bonds is 8. The molecule has 1 N–H and O–H groups in total. The van der Waals surface area contributed by atoms with Crippen molar-refractivity contribution >= 4 is 23.2 Å². The second-order valence-corrected chi connectivity index (χ2v) is 4.77. The summed E-state index contributed by atoms with van der Waals surface area (Å²) in [6.07, 6.45) is 0. The van der Waals surface area contributed by atoms with Crippen LogP contribution in [0.4, 0.5) is 0 Å². The highest BCUT2D eigenvalue weighted by atomic mass is 35.5. The zero-order valence-corrected chi connectivity index (χ0v) is 12.7. The van der Waals surface area contributed by atoms with E-state index in [1.807, 2.05) is 25.1 Å². The molecule has 0 unspecified atom stereocenters. The number of methoxy groups -OCH3 is 1. The van der Waals surface area contributed by atoms with Crippen molar-refractivity contribution in [3.05, 3.63) is 39.9 Å². The monoisotopic (exact) mass is 303 g/mol. The van der Waals surface area contributed by atoms with Crippen LogP contribution in [0.3, 0.4) is 0 Å². The van der Waals surface area contributed by atoms with Gasteiger partial charge in [-0.05, 0) is 18.6 Å². The Kier molecular flexibility index (Phi) is 7.91. The molecular weight excluding hydrogens is 285 g/mol. The molecule has 0 aliphatic heterocycles. The third-order valence-corrected chi connectivity index (χ3v) is 3.15. The van der Waals surface area contributed by atoms with E-state index in [-0.39, 0.29) is 0 Å². The van der Waals surface area contributed by atoms with Gasteiger partial charge in [0.1, 0.15) is 12.4 Å². The van der Waals surface area contributed by atoms with E-state index in [0.29, 0.717) is 30.5 Å². The first-order valence-corrected chi connectivity index (χ1v) is 6.86. The maximum atomic E-state index is 6.17. The van der Waals surface area contributed by atoms with Gasteiger partial charge in [-0.25, -0.2) is 0 Å². The molecule has 0 saturated heterocycles. The van der Waals surface area contributed by atoms with E-state index >= 15 is 0 Å². The normalized spacial score (nSPS) is 11.7. The average molecular weight is 304 g/mol. The van der Waals surface area contributed by atoms with Crippen molar-refractivity contribution in [1.82, 2.24) is 5.32 Å². The molecule has 0 fully saturated rings. The molecule has 0 saturated carbocycles. The van der Waals surface area contributed by atoms with Crippen LogP contribution in [-0.4, -0.2) is 26.9 Å². The maximum absolute atomic E-state index is 6.17. The number of benzene rings is 1. The Morgan fingerprint density at radius 2 is 2.21 bits per heavy atom. The summed E-state index contributed by atoms with van der Waals surface area (Å²) in [5.74, 6) is 0.701. The molecule has 0 heterocycles. The second-order valence-electron chi connectivity index (χ2n) is 4.14. The molecule has 3 nitrogen and oxygen atoms in total. The van der Waals surface area contributed by atoms with Crippen LogP contribution in [0.15, 0.2) is 29.3 Å². The van der Waals surface area contributed by atoms with Gasteiger partial charge in [-0.15, -0.1) is 0 Å². The number of hydrogen-bond acceptors (Lipinski definition) is 3. The first kappa shape index (κ1) is 16.3. The Morgan fingerprint density at radius 1 is 1.42 bits per heavy atom. The molecule has 0 radical (unpaired) electrons. The molecule has 0 aromatic heterocycles. The Hall–Kier alpha value is -0.740. The fraction of sp³-hybridized carbons (Fsp3) is 0.429. The van der Waals surface area contributed by atoms with Crippen LogP contribution >= 0.6 is 23.2 Å². The topological polar surface area (TPSA) is 30.5 Å². The minimum Gasteiger partial charge on any atom is -0.487 e. The number of ether oxygens (including phenoxy) is 2. The fourth-order valence-corrected chi connectivity index (χ4v) is 1.78. The SMILES string of the molecule is COCCNCc1cccc(Cl)c1OC/C(C)=C/Cl. The van der Waals surface area contributed by atoms with Crippen LogP contribution in [0, 0.1) is 0 Å². The van der Waals surface area contributed by atoms with Crippen molar-refractivity contribution < 1.29 is 9.47 Å². The van der Waals surface area contributed by atoms with Crippen molar-refractivity contribution in [2.24, 2.45) is 0 Å². The average Bonchev–Trinajstić information content (AvgIpc) is 2.42. The standard InChI is InChI=1S/C14H19Cl2NO2/c1-11(8-15)10-19-14-12(4-3-5-13(14)16)9-17-6-7-18-2/h3-5,8,17H,6-7,9-10H2,1-2H3/b11-8+. The van der Waals surface area contributed by atoms with Gasteiger partial charge in [-0.3, -0.25) is 0 Å². The summed E-state index contributed by atoms with van der Waals surface area (Å²) in [5, 5.41) is 3.87. The first-order valence-electron chi connectivity index (χ1n) is 6.04. The molecule has 0 atom stereocenters. The lowest BCUT2D eigenvalue weighted by atomic mass is 10.2. The lowest BCUT2D eigenvalue weighted by Gasteiger charge is -2.13. The molecule has 0 spiro atoms. The predicted octanol–water partition coefficient (Wildman–Crippen LogP) is 3.60. The van der Waals surface area contributed by atoms with Crippen LogP contribution in [0.2, 0.25) is 5.02 Å². The Bertz CT molecular complexity index is 422. The Balaban J connectivity index is 2.66. The largest absolute Gasteiger partial charge is 0.487 e. The van der Waals surface area contributed by atoms with Crippen LogP contribution < -0.4 is 10.1 Å². The second kappa shape index (κ2) is 9.21. The maximum Gasteiger partial charge on any atom is 0.142 e. The molecule has 0 bridgehead atoms. The summed E-state index contributed by atoms with van der Waals surface area (Å²) < 4.78 is 10.7. The molecular formula is C14H19Cl2NO2. The fourth-order valence-electron chi connectivity index (χ4n) is 1.47. The predicted molar refractivity (Wildman–Crippen MR) is 80.1 cm³/mol. The van der Waals surface area contributed by atoms with Gasteiger partial charge in [0.25, 0.3) is 0 Å². The van der Waals surface area contributed by atoms with Crippen LogP contribution in [-0.2, 0) is 11.3 Å². The molecule has 1 aromatic rings. The smallest absolute Gasteiger partial charge is 0.142 e. The van der Waals surface area contributed by atoms with Crippen molar-refractivity contribution in [1.29, 1.82) is 0 Å².